The van der Waals surface area contributed by atoms with E-state index in [1.807, 2.05) is 13.0 Å². The summed E-state index contributed by atoms with van der Waals surface area (Å²) in [6, 6.07) is 2.14. The molecular formula is C13H12ClFN4S. The van der Waals surface area contributed by atoms with E-state index in [2.05, 4.69) is 33.4 Å². The van der Waals surface area contributed by atoms with E-state index in [9.17, 15) is 4.39 Å². The molecule has 0 saturated carbocycles. The van der Waals surface area contributed by atoms with Gasteiger partial charge in [-0.05, 0) is 38.4 Å². The first-order valence-electron chi connectivity index (χ1n) is 6.14. The summed E-state index contributed by atoms with van der Waals surface area (Å²) in [4.78, 5) is 13.8. The highest BCUT2D eigenvalue weighted by atomic mass is 35.5. The average Bonchev–Trinajstić information content (AvgIpc) is 2.87. The van der Waals surface area contributed by atoms with E-state index in [4.69, 9.17) is 11.6 Å². The Morgan fingerprint density at radius 2 is 2.10 bits per heavy atom. The molecule has 20 heavy (non-hydrogen) atoms. The minimum absolute atomic E-state index is 0.0374. The summed E-state index contributed by atoms with van der Waals surface area (Å²) in [5, 5.41) is 0.0374. The second-order valence-electron chi connectivity index (χ2n) is 4.76. The number of thiophene rings is 1. The molecule has 0 N–H and O–H groups in total. The van der Waals surface area contributed by atoms with Crippen molar-refractivity contribution in [2.45, 2.75) is 26.8 Å². The second-order valence-corrected chi connectivity index (χ2v) is 6.13. The van der Waals surface area contributed by atoms with Gasteiger partial charge in [-0.1, -0.05) is 0 Å². The van der Waals surface area contributed by atoms with Crippen molar-refractivity contribution in [3.05, 3.63) is 29.2 Å². The molecule has 0 aliphatic rings. The molecular weight excluding hydrogens is 299 g/mol. The highest BCUT2D eigenvalue weighted by Gasteiger charge is 2.17. The Hall–Kier alpha value is -1.53. The van der Waals surface area contributed by atoms with Crippen LogP contribution in [-0.2, 0) is 0 Å². The molecule has 0 atom stereocenters. The van der Waals surface area contributed by atoms with Crippen LogP contribution in [0.25, 0.3) is 20.9 Å². The number of hydrogen-bond acceptors (Lipinski definition) is 4. The van der Waals surface area contributed by atoms with Crippen molar-refractivity contribution in [3.63, 3.8) is 0 Å². The van der Waals surface area contributed by atoms with Crippen LogP contribution in [0.3, 0.4) is 0 Å². The first-order chi connectivity index (χ1) is 9.47. The molecule has 0 bridgehead atoms. The fourth-order valence-corrected chi connectivity index (χ4v) is 3.65. The zero-order valence-electron chi connectivity index (χ0n) is 11.2. The van der Waals surface area contributed by atoms with Crippen molar-refractivity contribution in [1.82, 2.24) is 19.5 Å². The molecule has 0 fully saturated rings. The summed E-state index contributed by atoms with van der Waals surface area (Å²) in [5.74, 6) is 0.472. The molecule has 0 aromatic carbocycles. The topological polar surface area (TPSA) is 43.6 Å². The van der Waals surface area contributed by atoms with Crippen LogP contribution in [-0.4, -0.2) is 19.5 Å². The maximum absolute atomic E-state index is 13.8. The smallest absolute Gasteiger partial charge is 0.223 e. The van der Waals surface area contributed by atoms with E-state index < -0.39 is 5.82 Å². The van der Waals surface area contributed by atoms with Gasteiger partial charge in [-0.15, -0.1) is 11.3 Å². The molecule has 3 aromatic heterocycles. The van der Waals surface area contributed by atoms with Gasteiger partial charge in [0.05, 0.1) is 11.1 Å². The van der Waals surface area contributed by atoms with Gasteiger partial charge in [0.15, 0.2) is 5.82 Å². The number of halogens is 2. The van der Waals surface area contributed by atoms with Crippen molar-refractivity contribution in [2.75, 3.05) is 0 Å². The first-order valence-corrected chi connectivity index (χ1v) is 7.33. The average molecular weight is 311 g/mol. The Labute approximate surface area is 124 Å². The molecule has 104 valence electrons. The number of aromatic nitrogens is 4. The van der Waals surface area contributed by atoms with Gasteiger partial charge in [0.2, 0.25) is 5.28 Å². The predicted molar refractivity (Wildman–Crippen MR) is 78.7 cm³/mol. The Kier molecular flexibility index (Phi) is 3.22. The van der Waals surface area contributed by atoms with Gasteiger partial charge in [0.1, 0.15) is 21.9 Å². The number of hydrogen-bond donors (Lipinski definition) is 0. The number of imidazole rings is 1. The molecule has 3 rings (SSSR count). The lowest BCUT2D eigenvalue weighted by Crippen LogP contribution is -2.01. The molecule has 0 amide bonds. The van der Waals surface area contributed by atoms with E-state index >= 15 is 0 Å². The zero-order chi connectivity index (χ0) is 14.4. The van der Waals surface area contributed by atoms with Crippen molar-refractivity contribution in [2.24, 2.45) is 0 Å². The van der Waals surface area contributed by atoms with E-state index in [0.717, 1.165) is 22.4 Å². The monoisotopic (exact) mass is 310 g/mol. The van der Waals surface area contributed by atoms with Crippen molar-refractivity contribution in [3.8, 4) is 10.6 Å². The predicted octanol–water partition coefficient (Wildman–Crippen LogP) is 4.24. The SMILES string of the molecule is Cc1nc2cc(-c3nc(Cl)ncc3F)sc2n1C(C)C. The Balaban J connectivity index is 2.21. The Morgan fingerprint density at radius 3 is 2.80 bits per heavy atom. The summed E-state index contributed by atoms with van der Waals surface area (Å²) in [5.41, 5.74) is 1.08. The molecule has 4 nitrogen and oxygen atoms in total. The highest BCUT2D eigenvalue weighted by molar-refractivity contribution is 7.21. The van der Waals surface area contributed by atoms with E-state index in [1.165, 1.54) is 11.3 Å². The van der Waals surface area contributed by atoms with Crippen LogP contribution in [0, 0.1) is 12.7 Å². The summed E-state index contributed by atoms with van der Waals surface area (Å²) >= 11 is 7.20. The Bertz CT molecular complexity index is 793. The number of aryl methyl sites for hydroxylation is 1. The van der Waals surface area contributed by atoms with Gasteiger partial charge in [-0.3, -0.25) is 0 Å². The van der Waals surface area contributed by atoms with E-state index in [-0.39, 0.29) is 11.0 Å². The molecule has 0 spiro atoms. The standard InChI is InChI=1S/C13H12ClFN4S/c1-6(2)19-7(3)17-9-4-10(20-12(9)19)11-8(15)5-16-13(14)18-11/h4-6H,1-3H3. The van der Waals surface area contributed by atoms with Gasteiger partial charge in [0.25, 0.3) is 0 Å². The fourth-order valence-electron chi connectivity index (χ4n) is 2.24. The quantitative estimate of drug-likeness (QED) is 0.665. The molecule has 0 aliphatic heterocycles. The van der Waals surface area contributed by atoms with Crippen LogP contribution in [0.15, 0.2) is 12.3 Å². The lowest BCUT2D eigenvalue weighted by molar-refractivity contribution is 0.602. The summed E-state index contributed by atoms with van der Waals surface area (Å²) < 4.78 is 16.0. The molecule has 3 aromatic rings. The zero-order valence-corrected chi connectivity index (χ0v) is 12.8. The number of nitrogens with zero attached hydrogens (tertiary/aromatic N) is 4. The molecule has 0 radical (unpaired) electrons. The van der Waals surface area contributed by atoms with Gasteiger partial charge in [0, 0.05) is 6.04 Å². The number of rotatable bonds is 2. The molecule has 0 saturated heterocycles. The maximum Gasteiger partial charge on any atom is 0.223 e. The molecule has 0 unspecified atom stereocenters. The van der Waals surface area contributed by atoms with E-state index in [0.29, 0.717) is 10.9 Å². The molecule has 7 heteroatoms. The van der Waals surface area contributed by atoms with Crippen LogP contribution < -0.4 is 0 Å². The maximum atomic E-state index is 13.8. The lowest BCUT2D eigenvalue weighted by Gasteiger charge is -2.09. The van der Waals surface area contributed by atoms with Gasteiger partial charge < -0.3 is 4.57 Å². The van der Waals surface area contributed by atoms with Crippen LogP contribution >= 0.6 is 22.9 Å². The fraction of sp³-hybridized carbons (Fsp3) is 0.308. The van der Waals surface area contributed by atoms with Crippen molar-refractivity contribution >= 4 is 33.3 Å². The Morgan fingerprint density at radius 1 is 1.35 bits per heavy atom. The normalized spacial score (nSPS) is 11.7. The summed E-state index contributed by atoms with van der Waals surface area (Å²) in [6.45, 7) is 6.15. The largest absolute Gasteiger partial charge is 0.317 e. The third-order valence-electron chi connectivity index (χ3n) is 3.01. The third-order valence-corrected chi connectivity index (χ3v) is 4.32. The molecule has 0 aliphatic carbocycles. The highest BCUT2D eigenvalue weighted by Crippen LogP contribution is 2.35. The minimum atomic E-state index is -0.480. The van der Waals surface area contributed by atoms with Crippen LogP contribution in [0.4, 0.5) is 4.39 Å². The van der Waals surface area contributed by atoms with Crippen molar-refractivity contribution < 1.29 is 4.39 Å². The van der Waals surface area contributed by atoms with Crippen molar-refractivity contribution in [1.29, 1.82) is 0 Å². The minimum Gasteiger partial charge on any atom is -0.317 e. The first kappa shape index (κ1) is 13.5. The van der Waals surface area contributed by atoms with Gasteiger partial charge in [-0.25, -0.2) is 19.3 Å². The van der Waals surface area contributed by atoms with Crippen LogP contribution in [0.2, 0.25) is 5.28 Å². The summed E-state index contributed by atoms with van der Waals surface area (Å²) in [7, 11) is 0. The van der Waals surface area contributed by atoms with Crippen LogP contribution in [0.5, 0.6) is 0 Å². The van der Waals surface area contributed by atoms with Gasteiger partial charge >= 0.3 is 0 Å². The van der Waals surface area contributed by atoms with E-state index in [1.54, 1.807) is 0 Å². The van der Waals surface area contributed by atoms with Crippen LogP contribution in [0.1, 0.15) is 25.7 Å². The second kappa shape index (κ2) is 4.79. The lowest BCUT2D eigenvalue weighted by atomic mass is 10.3. The summed E-state index contributed by atoms with van der Waals surface area (Å²) in [6.07, 6.45) is 1.09. The third kappa shape index (κ3) is 2.09. The molecule has 3 heterocycles. The number of fused-ring (bicyclic) bond motifs is 1. The van der Waals surface area contributed by atoms with Gasteiger partial charge in [-0.2, -0.15) is 0 Å².